The van der Waals surface area contributed by atoms with E-state index in [0.717, 1.165) is 0 Å². The molecule has 5 heteroatoms. The monoisotopic (exact) mass is 261 g/mol. The molecule has 0 saturated carbocycles. The van der Waals surface area contributed by atoms with Gasteiger partial charge in [-0.3, -0.25) is 10.1 Å². The molecule has 0 amide bonds. The fourth-order valence-corrected chi connectivity index (χ4v) is 1.74. The first-order valence-electron chi connectivity index (χ1n) is 5.69. The summed E-state index contributed by atoms with van der Waals surface area (Å²) in [7, 11) is 0. The number of rotatable bonds is 4. The van der Waals surface area contributed by atoms with E-state index in [4.69, 9.17) is 4.74 Å². The average molecular weight is 261 g/mol. The Kier molecular flexibility index (Phi) is 3.75. The van der Waals surface area contributed by atoms with Crippen molar-refractivity contribution in [2.75, 3.05) is 0 Å². The Morgan fingerprint density at radius 1 is 1.26 bits per heavy atom. The lowest BCUT2D eigenvalue weighted by atomic mass is 10.2. The molecule has 98 valence electrons. The Balaban J connectivity index is 2.17. The van der Waals surface area contributed by atoms with Crippen molar-refractivity contribution in [2.24, 2.45) is 0 Å². The molecule has 0 fully saturated rings. The minimum absolute atomic E-state index is 0.0160. The molecule has 0 aliphatic rings. The second kappa shape index (κ2) is 5.48. The van der Waals surface area contributed by atoms with Crippen LogP contribution in [0.5, 0.6) is 5.75 Å². The van der Waals surface area contributed by atoms with E-state index in [9.17, 15) is 14.5 Å². The van der Waals surface area contributed by atoms with Crippen LogP contribution in [0.1, 0.15) is 11.1 Å². The van der Waals surface area contributed by atoms with Crippen molar-refractivity contribution >= 4 is 5.69 Å². The van der Waals surface area contributed by atoms with Crippen LogP contribution < -0.4 is 4.74 Å². The quantitative estimate of drug-likeness (QED) is 0.624. The van der Waals surface area contributed by atoms with Crippen molar-refractivity contribution < 1.29 is 14.1 Å². The molecule has 0 spiro atoms. The van der Waals surface area contributed by atoms with Gasteiger partial charge in [0.2, 0.25) is 0 Å². The fourth-order valence-electron chi connectivity index (χ4n) is 1.74. The maximum Gasteiger partial charge on any atom is 0.276 e. The summed E-state index contributed by atoms with van der Waals surface area (Å²) in [6.45, 7) is 1.79. The van der Waals surface area contributed by atoms with Gasteiger partial charge in [-0.15, -0.1) is 0 Å². The van der Waals surface area contributed by atoms with Gasteiger partial charge in [0.1, 0.15) is 18.2 Å². The van der Waals surface area contributed by atoms with Crippen LogP contribution in [0.4, 0.5) is 10.1 Å². The fraction of sp³-hybridized carbons (Fsp3) is 0.143. The van der Waals surface area contributed by atoms with Crippen molar-refractivity contribution in [3.8, 4) is 5.75 Å². The van der Waals surface area contributed by atoms with Gasteiger partial charge in [-0.25, -0.2) is 4.39 Å². The highest BCUT2D eigenvalue weighted by Crippen LogP contribution is 2.23. The van der Waals surface area contributed by atoms with E-state index in [1.165, 1.54) is 24.3 Å². The van der Waals surface area contributed by atoms with Crippen LogP contribution in [0.15, 0.2) is 42.5 Å². The van der Waals surface area contributed by atoms with E-state index in [1.807, 2.05) is 0 Å². The molecule has 0 aliphatic carbocycles. The molecule has 0 aromatic heterocycles. The number of ether oxygens (including phenoxy) is 1. The van der Waals surface area contributed by atoms with E-state index in [-0.39, 0.29) is 18.1 Å². The summed E-state index contributed by atoms with van der Waals surface area (Å²) in [5, 5.41) is 10.8. The third-order valence-electron chi connectivity index (χ3n) is 2.71. The van der Waals surface area contributed by atoms with Crippen LogP contribution in [0, 0.1) is 22.9 Å². The maximum atomic E-state index is 12.9. The summed E-state index contributed by atoms with van der Waals surface area (Å²) in [4.78, 5) is 10.4. The second-order valence-corrected chi connectivity index (χ2v) is 4.08. The molecular formula is C14H12FNO3. The Morgan fingerprint density at radius 3 is 2.68 bits per heavy atom. The van der Waals surface area contributed by atoms with E-state index >= 15 is 0 Å². The molecule has 0 unspecified atom stereocenters. The molecule has 2 aromatic rings. The van der Waals surface area contributed by atoms with Gasteiger partial charge in [0.15, 0.2) is 0 Å². The number of benzene rings is 2. The molecule has 0 saturated heterocycles. The summed E-state index contributed by atoms with van der Waals surface area (Å²) >= 11 is 0. The average Bonchev–Trinajstić information content (AvgIpc) is 2.38. The number of nitro groups is 1. The van der Waals surface area contributed by atoms with Crippen molar-refractivity contribution in [3.05, 3.63) is 69.5 Å². The first kappa shape index (κ1) is 13.0. The van der Waals surface area contributed by atoms with Gasteiger partial charge in [0.25, 0.3) is 5.69 Å². The Hall–Kier alpha value is -2.43. The highest BCUT2D eigenvalue weighted by Gasteiger charge is 2.13. The Morgan fingerprint density at radius 2 is 2.00 bits per heavy atom. The van der Waals surface area contributed by atoms with Gasteiger partial charge in [-0.1, -0.05) is 12.1 Å². The third kappa shape index (κ3) is 3.07. The highest BCUT2D eigenvalue weighted by atomic mass is 19.1. The lowest BCUT2D eigenvalue weighted by molar-refractivity contribution is -0.385. The molecule has 0 radical (unpaired) electrons. The summed E-state index contributed by atoms with van der Waals surface area (Å²) in [6.07, 6.45) is 0. The lowest BCUT2D eigenvalue weighted by Crippen LogP contribution is -2.01. The van der Waals surface area contributed by atoms with E-state index in [2.05, 4.69) is 0 Å². The molecule has 0 bridgehead atoms. The van der Waals surface area contributed by atoms with Gasteiger partial charge in [-0.2, -0.15) is 0 Å². The van der Waals surface area contributed by atoms with Crippen LogP contribution >= 0.6 is 0 Å². The van der Waals surface area contributed by atoms with Crippen molar-refractivity contribution in [3.63, 3.8) is 0 Å². The van der Waals surface area contributed by atoms with Crippen LogP contribution in [-0.2, 0) is 6.61 Å². The van der Waals surface area contributed by atoms with E-state index in [0.29, 0.717) is 16.9 Å². The minimum atomic E-state index is -0.448. The topological polar surface area (TPSA) is 52.4 Å². The first-order chi connectivity index (χ1) is 9.08. The largest absolute Gasteiger partial charge is 0.488 e. The second-order valence-electron chi connectivity index (χ2n) is 4.08. The molecule has 0 atom stereocenters. The molecule has 4 nitrogen and oxygen atoms in total. The maximum absolute atomic E-state index is 12.9. The van der Waals surface area contributed by atoms with Crippen molar-refractivity contribution in [2.45, 2.75) is 13.5 Å². The number of aryl methyl sites for hydroxylation is 1. The first-order valence-corrected chi connectivity index (χ1v) is 5.69. The Bertz CT molecular complexity index is 613. The van der Waals surface area contributed by atoms with Crippen molar-refractivity contribution in [1.29, 1.82) is 0 Å². The van der Waals surface area contributed by atoms with Gasteiger partial charge in [-0.05, 0) is 36.8 Å². The molecule has 0 aliphatic heterocycles. The smallest absolute Gasteiger partial charge is 0.276 e. The van der Waals surface area contributed by atoms with Crippen LogP contribution in [-0.4, -0.2) is 4.92 Å². The van der Waals surface area contributed by atoms with E-state index in [1.54, 1.807) is 25.1 Å². The normalized spacial score (nSPS) is 10.2. The molecule has 0 N–H and O–H groups in total. The minimum Gasteiger partial charge on any atom is -0.488 e. The van der Waals surface area contributed by atoms with Crippen LogP contribution in [0.3, 0.4) is 0 Å². The summed E-state index contributed by atoms with van der Waals surface area (Å²) in [5.41, 5.74) is 1.15. The van der Waals surface area contributed by atoms with Gasteiger partial charge in [0, 0.05) is 6.07 Å². The third-order valence-corrected chi connectivity index (χ3v) is 2.71. The number of halogens is 1. The lowest BCUT2D eigenvalue weighted by Gasteiger charge is -2.09. The number of hydrogen-bond donors (Lipinski definition) is 0. The molecule has 2 aromatic carbocycles. The molecule has 19 heavy (non-hydrogen) atoms. The predicted molar refractivity (Wildman–Crippen MR) is 68.6 cm³/mol. The summed E-state index contributed by atoms with van der Waals surface area (Å²) in [5.74, 6) is 0.176. The molecular weight excluding hydrogens is 249 g/mol. The number of nitro benzene ring substituents is 1. The van der Waals surface area contributed by atoms with Gasteiger partial charge in [0.05, 0.1) is 10.5 Å². The number of hydrogen-bond acceptors (Lipinski definition) is 3. The van der Waals surface area contributed by atoms with E-state index < -0.39 is 4.92 Å². The molecule has 2 rings (SSSR count). The zero-order valence-corrected chi connectivity index (χ0v) is 10.3. The van der Waals surface area contributed by atoms with Crippen molar-refractivity contribution in [1.82, 2.24) is 0 Å². The van der Waals surface area contributed by atoms with Gasteiger partial charge < -0.3 is 4.74 Å². The predicted octanol–water partition coefficient (Wildman–Crippen LogP) is 3.62. The highest BCUT2D eigenvalue weighted by molar-refractivity contribution is 5.40. The van der Waals surface area contributed by atoms with Crippen LogP contribution in [0.2, 0.25) is 0 Å². The van der Waals surface area contributed by atoms with Crippen LogP contribution in [0.25, 0.3) is 0 Å². The zero-order chi connectivity index (χ0) is 13.8. The summed E-state index contributed by atoms with van der Waals surface area (Å²) < 4.78 is 18.4. The SMILES string of the molecule is Cc1cc(F)ccc1OCc1ccccc1[N+](=O)[O-]. The van der Waals surface area contributed by atoms with Gasteiger partial charge >= 0.3 is 0 Å². The number of nitrogens with zero attached hydrogens (tertiary/aromatic N) is 1. The number of para-hydroxylation sites is 1. The zero-order valence-electron chi connectivity index (χ0n) is 10.3. The molecule has 0 heterocycles. The Labute approximate surface area is 109 Å². The summed E-state index contributed by atoms with van der Waals surface area (Å²) in [6, 6.07) is 10.5. The standard InChI is InChI=1S/C14H12FNO3/c1-10-8-12(15)6-7-14(10)19-9-11-4-2-3-5-13(11)16(17)18/h2-8H,9H2,1H3.